The van der Waals surface area contributed by atoms with Crippen molar-refractivity contribution in [1.82, 2.24) is 20.6 Å². The third-order valence-corrected chi connectivity index (χ3v) is 3.58. The number of hydrogen-bond acceptors (Lipinski definition) is 3. The summed E-state index contributed by atoms with van der Waals surface area (Å²) < 4.78 is 39.1. The first kappa shape index (κ1) is 20.5. The van der Waals surface area contributed by atoms with Crippen LogP contribution < -0.4 is 10.6 Å². The monoisotopic (exact) mass is 384 g/mol. The second kappa shape index (κ2) is 8.04. The Morgan fingerprint density at radius 1 is 1.38 bits per heavy atom. The first-order valence-electron chi connectivity index (χ1n) is 6.96. The lowest BCUT2D eigenvalue weighted by Crippen LogP contribution is -2.41. The van der Waals surface area contributed by atoms with E-state index in [-0.39, 0.29) is 37.2 Å². The van der Waals surface area contributed by atoms with Crippen LogP contribution in [0.15, 0.2) is 18.2 Å². The van der Waals surface area contributed by atoms with Crippen LogP contribution in [0.4, 0.5) is 13.2 Å². The van der Waals surface area contributed by atoms with Crippen molar-refractivity contribution >= 4 is 41.8 Å². The Morgan fingerprint density at radius 2 is 2.12 bits per heavy atom. The van der Waals surface area contributed by atoms with Crippen LogP contribution in [0.25, 0.3) is 11.0 Å². The molecule has 5 nitrogen and oxygen atoms in total. The van der Waals surface area contributed by atoms with Gasteiger partial charge < -0.3 is 10.3 Å². The molecule has 0 bridgehead atoms. The lowest BCUT2D eigenvalue weighted by Gasteiger charge is -2.10. The largest absolute Gasteiger partial charge is 0.354 e. The number of carbonyl (C=O) groups excluding carboxylic acids is 1. The number of amides is 1. The fraction of sp³-hybridized carbons (Fsp3) is 0.429. The number of nitrogens with one attached hydrogen (secondary N) is 3. The molecule has 2 aromatic rings. The van der Waals surface area contributed by atoms with E-state index in [1.54, 1.807) is 6.07 Å². The highest BCUT2D eigenvalue weighted by Crippen LogP contribution is 2.25. The van der Waals surface area contributed by atoms with Gasteiger partial charge in [-0.2, -0.15) is 0 Å². The maximum absolute atomic E-state index is 13.1. The molecule has 2 heterocycles. The number of aromatic nitrogens is 2. The summed E-state index contributed by atoms with van der Waals surface area (Å²) in [5.41, 5.74) is 1.22. The Labute approximate surface area is 148 Å². The molecular weight excluding hydrogens is 368 g/mol. The smallest absolute Gasteiger partial charge is 0.262 e. The summed E-state index contributed by atoms with van der Waals surface area (Å²) in [6.07, 6.45) is -0.0755. The van der Waals surface area contributed by atoms with Crippen LogP contribution in [0.5, 0.6) is 0 Å². The number of nitrogens with zero attached hydrogens (tertiary/aromatic N) is 1. The second-order valence-corrected chi connectivity index (χ2v) is 5.38. The van der Waals surface area contributed by atoms with Gasteiger partial charge in [0.25, 0.3) is 5.92 Å². The Bertz CT molecular complexity index is 710. The van der Waals surface area contributed by atoms with E-state index in [1.165, 1.54) is 12.1 Å². The number of imidazole rings is 1. The van der Waals surface area contributed by atoms with Crippen LogP contribution in [-0.2, 0) is 11.2 Å². The minimum absolute atomic E-state index is 0. The predicted octanol–water partition coefficient (Wildman–Crippen LogP) is 2.20. The van der Waals surface area contributed by atoms with Gasteiger partial charge in [0.15, 0.2) is 0 Å². The number of alkyl halides is 2. The van der Waals surface area contributed by atoms with E-state index < -0.39 is 30.8 Å². The minimum Gasteiger partial charge on any atom is -0.354 e. The molecule has 1 amide bonds. The number of benzene rings is 1. The number of hydrogen-bond donors (Lipinski definition) is 3. The molecule has 1 atom stereocenters. The Morgan fingerprint density at radius 3 is 2.79 bits per heavy atom. The Kier molecular flexibility index (Phi) is 6.88. The first-order chi connectivity index (χ1) is 10.4. The lowest BCUT2D eigenvalue weighted by atomic mass is 10.2. The van der Waals surface area contributed by atoms with Gasteiger partial charge in [0.1, 0.15) is 11.6 Å². The quantitative estimate of drug-likeness (QED) is 0.756. The summed E-state index contributed by atoms with van der Waals surface area (Å²) in [5.74, 6) is -3.03. The standard InChI is InChI=1S/C14H15F3N4O.2ClH/c15-8-1-2-9-10(5-8)21-12(20-9)3-4-18-13(22)11-6-14(16,17)7-19-11;;/h1-2,5,11,19H,3-4,6-7H2,(H,18,22)(H,20,21);2*1H. The van der Waals surface area contributed by atoms with E-state index in [9.17, 15) is 18.0 Å². The van der Waals surface area contributed by atoms with Gasteiger partial charge in [-0.25, -0.2) is 18.2 Å². The molecule has 3 N–H and O–H groups in total. The van der Waals surface area contributed by atoms with Crippen molar-refractivity contribution in [2.24, 2.45) is 0 Å². The maximum Gasteiger partial charge on any atom is 0.262 e. The first-order valence-corrected chi connectivity index (χ1v) is 6.96. The minimum atomic E-state index is -2.83. The molecule has 1 saturated heterocycles. The predicted molar refractivity (Wildman–Crippen MR) is 88.6 cm³/mol. The molecule has 1 unspecified atom stereocenters. The number of rotatable bonds is 4. The molecule has 0 aliphatic carbocycles. The molecule has 1 aromatic heterocycles. The summed E-state index contributed by atoms with van der Waals surface area (Å²) in [4.78, 5) is 19.0. The average molecular weight is 385 g/mol. The van der Waals surface area contributed by atoms with Crippen LogP contribution in [0.3, 0.4) is 0 Å². The van der Waals surface area contributed by atoms with Gasteiger partial charge in [0, 0.05) is 19.4 Å². The normalized spacial score (nSPS) is 18.7. The topological polar surface area (TPSA) is 69.8 Å². The van der Waals surface area contributed by atoms with Crippen LogP contribution in [0, 0.1) is 5.82 Å². The molecule has 1 aliphatic heterocycles. The van der Waals surface area contributed by atoms with Gasteiger partial charge in [-0.05, 0) is 18.2 Å². The molecule has 134 valence electrons. The molecule has 0 saturated carbocycles. The van der Waals surface area contributed by atoms with Crippen LogP contribution >= 0.6 is 24.8 Å². The zero-order valence-electron chi connectivity index (χ0n) is 12.4. The number of halogens is 5. The molecule has 1 aromatic carbocycles. The van der Waals surface area contributed by atoms with Crippen molar-refractivity contribution < 1.29 is 18.0 Å². The summed E-state index contributed by atoms with van der Waals surface area (Å²) in [7, 11) is 0. The van der Waals surface area contributed by atoms with Crippen LogP contribution in [0.1, 0.15) is 12.2 Å². The van der Waals surface area contributed by atoms with Gasteiger partial charge in [-0.3, -0.25) is 10.1 Å². The third kappa shape index (κ3) is 4.75. The van der Waals surface area contributed by atoms with Gasteiger partial charge in [-0.15, -0.1) is 24.8 Å². The van der Waals surface area contributed by atoms with Gasteiger partial charge >= 0.3 is 0 Å². The molecule has 0 radical (unpaired) electrons. The molecule has 3 rings (SSSR count). The molecule has 0 spiro atoms. The van der Waals surface area contributed by atoms with E-state index in [0.717, 1.165) is 0 Å². The Balaban J connectivity index is 0.00000144. The summed E-state index contributed by atoms with van der Waals surface area (Å²) in [6.45, 7) is -0.203. The highest BCUT2D eigenvalue weighted by atomic mass is 35.5. The summed E-state index contributed by atoms with van der Waals surface area (Å²) in [6, 6.07) is 3.36. The SMILES string of the molecule is Cl.Cl.O=C(NCCc1nc2ccc(F)cc2[nH]1)C1CC(F)(F)CN1. The molecule has 24 heavy (non-hydrogen) atoms. The lowest BCUT2D eigenvalue weighted by molar-refractivity contribution is -0.123. The van der Waals surface area contributed by atoms with Crippen LogP contribution in [-0.4, -0.2) is 40.9 Å². The van der Waals surface area contributed by atoms with Crippen LogP contribution in [0.2, 0.25) is 0 Å². The van der Waals surface area contributed by atoms with E-state index in [2.05, 4.69) is 20.6 Å². The second-order valence-electron chi connectivity index (χ2n) is 5.38. The maximum atomic E-state index is 13.1. The average Bonchev–Trinajstić information content (AvgIpc) is 3.01. The number of fused-ring (bicyclic) bond motifs is 1. The number of H-pyrrole nitrogens is 1. The number of carbonyl (C=O) groups is 1. The van der Waals surface area contributed by atoms with Crippen molar-refractivity contribution in [3.63, 3.8) is 0 Å². The molecule has 1 aliphatic rings. The molecule has 1 fully saturated rings. The highest BCUT2D eigenvalue weighted by Gasteiger charge is 2.42. The molecule has 10 heteroatoms. The van der Waals surface area contributed by atoms with Gasteiger partial charge in [-0.1, -0.05) is 0 Å². The van der Waals surface area contributed by atoms with E-state index in [4.69, 9.17) is 0 Å². The summed E-state index contributed by atoms with van der Waals surface area (Å²) >= 11 is 0. The zero-order chi connectivity index (χ0) is 15.7. The van der Waals surface area contributed by atoms with E-state index >= 15 is 0 Å². The van der Waals surface area contributed by atoms with Crippen molar-refractivity contribution in [1.29, 1.82) is 0 Å². The molecular formula is C14H17Cl2F3N4O. The van der Waals surface area contributed by atoms with E-state index in [1.807, 2.05) is 0 Å². The van der Waals surface area contributed by atoms with Gasteiger partial charge in [0.05, 0.1) is 23.6 Å². The van der Waals surface area contributed by atoms with Crippen molar-refractivity contribution in [3.8, 4) is 0 Å². The summed E-state index contributed by atoms with van der Waals surface area (Å²) in [5, 5.41) is 5.09. The fourth-order valence-electron chi connectivity index (χ4n) is 2.48. The zero-order valence-corrected chi connectivity index (χ0v) is 14.1. The number of aromatic amines is 1. The van der Waals surface area contributed by atoms with Crippen molar-refractivity contribution in [2.45, 2.75) is 24.8 Å². The van der Waals surface area contributed by atoms with E-state index in [0.29, 0.717) is 23.3 Å². The Hall–Kier alpha value is -1.51. The highest BCUT2D eigenvalue weighted by molar-refractivity contribution is 5.85. The van der Waals surface area contributed by atoms with Crippen molar-refractivity contribution in [3.05, 3.63) is 29.8 Å². The third-order valence-electron chi connectivity index (χ3n) is 3.58. The fourth-order valence-corrected chi connectivity index (χ4v) is 2.48. The van der Waals surface area contributed by atoms with Gasteiger partial charge in [0.2, 0.25) is 5.91 Å². The van der Waals surface area contributed by atoms with Crippen molar-refractivity contribution in [2.75, 3.05) is 13.1 Å².